The number of carbonyl (C=O) groups excluding carboxylic acids is 1. The van der Waals surface area contributed by atoms with Crippen LogP contribution < -0.4 is 5.32 Å². The van der Waals surface area contributed by atoms with Crippen molar-refractivity contribution in [2.75, 3.05) is 13.2 Å². The normalized spacial score (nSPS) is 35.3. The zero-order valence-electron chi connectivity index (χ0n) is 9.63. The highest BCUT2D eigenvalue weighted by Gasteiger charge is 2.51. The van der Waals surface area contributed by atoms with E-state index in [4.69, 9.17) is 9.47 Å². The van der Waals surface area contributed by atoms with Crippen LogP contribution in [0.1, 0.15) is 33.6 Å². The Morgan fingerprint density at radius 1 is 1.53 bits per heavy atom. The summed E-state index contributed by atoms with van der Waals surface area (Å²) >= 11 is 0. The molecule has 0 radical (unpaired) electrons. The Kier molecular flexibility index (Phi) is 2.51. The van der Waals surface area contributed by atoms with Gasteiger partial charge < -0.3 is 14.8 Å². The Hall–Kier alpha value is -0.610. The minimum absolute atomic E-state index is 0.218. The number of esters is 1. The maximum absolute atomic E-state index is 12.0. The minimum atomic E-state index is -0.712. The van der Waals surface area contributed by atoms with Crippen LogP contribution in [-0.2, 0) is 14.3 Å². The van der Waals surface area contributed by atoms with Crippen LogP contribution in [0.5, 0.6) is 0 Å². The molecule has 0 saturated carbocycles. The van der Waals surface area contributed by atoms with Crippen LogP contribution in [0.3, 0.4) is 0 Å². The summed E-state index contributed by atoms with van der Waals surface area (Å²) in [4.78, 5) is 12.0. The molecule has 2 bridgehead atoms. The summed E-state index contributed by atoms with van der Waals surface area (Å²) in [6.45, 7) is 6.88. The van der Waals surface area contributed by atoms with Gasteiger partial charge in [-0.3, -0.25) is 0 Å². The number of hydrogen-bond acceptors (Lipinski definition) is 4. The minimum Gasteiger partial charge on any atom is -0.458 e. The summed E-state index contributed by atoms with van der Waals surface area (Å²) in [5.74, 6) is -0.218. The van der Waals surface area contributed by atoms with Crippen LogP contribution >= 0.6 is 0 Å². The highest BCUT2D eigenvalue weighted by atomic mass is 16.6. The van der Waals surface area contributed by atoms with Crippen molar-refractivity contribution in [3.63, 3.8) is 0 Å². The fourth-order valence-corrected chi connectivity index (χ4v) is 2.15. The highest BCUT2D eigenvalue weighted by Crippen LogP contribution is 2.32. The van der Waals surface area contributed by atoms with Gasteiger partial charge in [-0.2, -0.15) is 0 Å². The van der Waals surface area contributed by atoms with E-state index >= 15 is 0 Å². The molecule has 2 saturated heterocycles. The Labute approximate surface area is 90.3 Å². The van der Waals surface area contributed by atoms with Crippen LogP contribution in [0, 0.1) is 0 Å². The molecule has 2 rings (SSSR count). The van der Waals surface area contributed by atoms with E-state index in [0.29, 0.717) is 19.2 Å². The van der Waals surface area contributed by atoms with E-state index in [1.54, 1.807) is 0 Å². The summed E-state index contributed by atoms with van der Waals surface area (Å²) in [6, 6.07) is 0.422. The zero-order valence-corrected chi connectivity index (χ0v) is 9.63. The lowest BCUT2D eigenvalue weighted by molar-refractivity contribution is -0.184. The number of ether oxygens (including phenoxy) is 2. The molecule has 4 nitrogen and oxygen atoms in total. The molecule has 2 fully saturated rings. The van der Waals surface area contributed by atoms with Crippen LogP contribution in [0.2, 0.25) is 0 Å². The summed E-state index contributed by atoms with van der Waals surface area (Å²) in [7, 11) is 0. The predicted octanol–water partition coefficient (Wildman–Crippen LogP) is 0.849. The molecule has 0 aromatic carbocycles. The summed E-state index contributed by atoms with van der Waals surface area (Å²) < 4.78 is 11.0. The largest absolute Gasteiger partial charge is 0.458 e. The molecule has 1 N–H and O–H groups in total. The molecule has 2 heterocycles. The molecule has 2 unspecified atom stereocenters. The second-order valence-electron chi connectivity index (χ2n) is 5.42. The number of rotatable bonds is 1. The molecule has 0 aromatic heterocycles. The van der Waals surface area contributed by atoms with Gasteiger partial charge in [-0.1, -0.05) is 0 Å². The third kappa shape index (κ3) is 2.16. The van der Waals surface area contributed by atoms with Gasteiger partial charge in [0.25, 0.3) is 0 Å². The van der Waals surface area contributed by atoms with Crippen molar-refractivity contribution in [3.05, 3.63) is 0 Å². The predicted molar refractivity (Wildman–Crippen MR) is 55.6 cm³/mol. The lowest BCUT2D eigenvalue weighted by Crippen LogP contribution is -2.48. The first-order chi connectivity index (χ1) is 6.91. The third-order valence-corrected chi connectivity index (χ3v) is 2.87. The van der Waals surface area contributed by atoms with Crippen molar-refractivity contribution in [2.24, 2.45) is 0 Å². The molecule has 2 atom stereocenters. The highest BCUT2D eigenvalue weighted by molar-refractivity contribution is 5.81. The van der Waals surface area contributed by atoms with Gasteiger partial charge in [0.2, 0.25) is 0 Å². The van der Waals surface area contributed by atoms with E-state index in [0.717, 1.165) is 12.8 Å². The lowest BCUT2D eigenvalue weighted by Gasteiger charge is -2.33. The number of fused-ring (bicyclic) bond motifs is 2. The van der Waals surface area contributed by atoms with Gasteiger partial charge in [0.1, 0.15) is 5.60 Å². The number of hydrogen-bond donors (Lipinski definition) is 1. The van der Waals surface area contributed by atoms with Crippen LogP contribution in [0.15, 0.2) is 0 Å². The van der Waals surface area contributed by atoms with Crippen LogP contribution in [-0.4, -0.2) is 36.4 Å². The van der Waals surface area contributed by atoms with Gasteiger partial charge >= 0.3 is 5.97 Å². The smallest absolute Gasteiger partial charge is 0.340 e. The van der Waals surface area contributed by atoms with Crippen molar-refractivity contribution in [3.8, 4) is 0 Å². The average Bonchev–Trinajstić information content (AvgIpc) is 2.41. The van der Waals surface area contributed by atoms with E-state index < -0.39 is 11.2 Å². The van der Waals surface area contributed by atoms with Gasteiger partial charge in [0.05, 0.1) is 0 Å². The fraction of sp³-hybridized carbons (Fsp3) is 0.909. The van der Waals surface area contributed by atoms with E-state index in [-0.39, 0.29) is 5.97 Å². The van der Waals surface area contributed by atoms with Gasteiger partial charge in [-0.25, -0.2) is 4.79 Å². The van der Waals surface area contributed by atoms with Crippen molar-refractivity contribution in [1.82, 2.24) is 5.32 Å². The Morgan fingerprint density at radius 3 is 2.93 bits per heavy atom. The Morgan fingerprint density at radius 2 is 2.27 bits per heavy atom. The monoisotopic (exact) mass is 213 g/mol. The number of nitrogens with one attached hydrogen (secondary N) is 1. The van der Waals surface area contributed by atoms with Crippen LogP contribution in [0.4, 0.5) is 0 Å². The topological polar surface area (TPSA) is 47.6 Å². The van der Waals surface area contributed by atoms with Crippen LogP contribution in [0.25, 0.3) is 0 Å². The average molecular weight is 213 g/mol. The van der Waals surface area contributed by atoms with Crippen molar-refractivity contribution in [1.29, 1.82) is 0 Å². The first-order valence-electron chi connectivity index (χ1n) is 5.52. The molecule has 0 aliphatic carbocycles. The summed E-state index contributed by atoms with van der Waals surface area (Å²) in [5.41, 5.74) is -1.15. The lowest BCUT2D eigenvalue weighted by atomic mass is 9.96. The SMILES string of the molecule is CC(C)(C)OC(=O)C12CNC(CCO1)C2. The molecule has 4 heteroatoms. The molecule has 2 aliphatic rings. The molecule has 0 amide bonds. The van der Waals surface area contributed by atoms with Crippen molar-refractivity contribution >= 4 is 5.97 Å². The second kappa shape index (κ2) is 3.46. The zero-order chi connectivity index (χ0) is 11.1. The maximum Gasteiger partial charge on any atom is 0.340 e. The standard InChI is InChI=1S/C11H19NO3/c1-10(2,3)15-9(13)11-6-8(12-7-11)4-5-14-11/h8,12H,4-7H2,1-3H3. The van der Waals surface area contributed by atoms with Crippen molar-refractivity contribution in [2.45, 2.75) is 50.9 Å². The second-order valence-corrected chi connectivity index (χ2v) is 5.42. The first kappa shape index (κ1) is 10.9. The Balaban J connectivity index is 2.06. The molecule has 2 aliphatic heterocycles. The van der Waals surface area contributed by atoms with Gasteiger partial charge in [0.15, 0.2) is 5.60 Å². The molecule has 15 heavy (non-hydrogen) atoms. The molecule has 86 valence electrons. The Bertz CT molecular complexity index is 267. The van der Waals surface area contributed by atoms with Gasteiger partial charge in [-0.05, 0) is 27.2 Å². The number of carbonyl (C=O) groups is 1. The third-order valence-electron chi connectivity index (χ3n) is 2.87. The first-order valence-corrected chi connectivity index (χ1v) is 5.52. The fourth-order valence-electron chi connectivity index (χ4n) is 2.15. The molecule has 0 spiro atoms. The van der Waals surface area contributed by atoms with E-state index in [1.165, 1.54) is 0 Å². The summed E-state index contributed by atoms with van der Waals surface area (Å²) in [6.07, 6.45) is 1.74. The van der Waals surface area contributed by atoms with Gasteiger partial charge in [0, 0.05) is 25.6 Å². The van der Waals surface area contributed by atoms with E-state index in [2.05, 4.69) is 5.32 Å². The quantitative estimate of drug-likeness (QED) is 0.656. The van der Waals surface area contributed by atoms with Crippen molar-refractivity contribution < 1.29 is 14.3 Å². The maximum atomic E-state index is 12.0. The van der Waals surface area contributed by atoms with Gasteiger partial charge in [-0.15, -0.1) is 0 Å². The molecular formula is C11H19NO3. The molecule has 0 aromatic rings. The van der Waals surface area contributed by atoms with E-state index in [1.807, 2.05) is 20.8 Å². The molecular weight excluding hydrogens is 194 g/mol. The summed E-state index contributed by atoms with van der Waals surface area (Å²) in [5, 5.41) is 3.30. The van der Waals surface area contributed by atoms with E-state index in [9.17, 15) is 4.79 Å².